The lowest BCUT2D eigenvalue weighted by Crippen LogP contribution is -2.41. The van der Waals surface area contributed by atoms with E-state index >= 15 is 0 Å². The van der Waals surface area contributed by atoms with Crippen LogP contribution in [0.25, 0.3) is 0 Å². The molecule has 0 saturated carbocycles. The zero-order chi connectivity index (χ0) is 9.80. The van der Waals surface area contributed by atoms with Crippen molar-refractivity contribution in [2.24, 2.45) is 0 Å². The summed E-state index contributed by atoms with van der Waals surface area (Å²) in [5, 5.41) is 0. The average molecular weight is 195 g/mol. The van der Waals surface area contributed by atoms with Crippen LogP contribution < -0.4 is 0 Å². The standard InChI is InChI=1S/C10H13NO3/c12-10(8-9-2-1-5-14-9)11-3-6-13-7-4-11/h1-2,5H,3-4,6-8H2. The highest BCUT2D eigenvalue weighted by Crippen LogP contribution is 2.05. The largest absolute Gasteiger partial charge is 0.469 e. The van der Waals surface area contributed by atoms with Gasteiger partial charge in [0.15, 0.2) is 0 Å². The van der Waals surface area contributed by atoms with Crippen LogP contribution >= 0.6 is 0 Å². The van der Waals surface area contributed by atoms with Gasteiger partial charge in [0.1, 0.15) is 5.76 Å². The van der Waals surface area contributed by atoms with Crippen LogP contribution in [-0.4, -0.2) is 37.1 Å². The summed E-state index contributed by atoms with van der Waals surface area (Å²) in [6.45, 7) is 2.67. The fourth-order valence-corrected chi connectivity index (χ4v) is 1.49. The summed E-state index contributed by atoms with van der Waals surface area (Å²) >= 11 is 0. The second-order valence-corrected chi connectivity index (χ2v) is 3.25. The van der Waals surface area contributed by atoms with Crippen molar-refractivity contribution in [2.45, 2.75) is 6.42 Å². The maximum Gasteiger partial charge on any atom is 0.230 e. The molecule has 0 radical (unpaired) electrons. The zero-order valence-corrected chi connectivity index (χ0v) is 7.94. The molecule has 4 nitrogen and oxygen atoms in total. The summed E-state index contributed by atoms with van der Waals surface area (Å²) in [7, 11) is 0. The molecule has 0 N–H and O–H groups in total. The van der Waals surface area contributed by atoms with Crippen LogP contribution in [0.4, 0.5) is 0 Å². The quantitative estimate of drug-likeness (QED) is 0.697. The third-order valence-corrected chi connectivity index (χ3v) is 2.27. The molecule has 14 heavy (non-hydrogen) atoms. The lowest BCUT2D eigenvalue weighted by Gasteiger charge is -2.26. The number of hydrogen-bond donors (Lipinski definition) is 0. The highest BCUT2D eigenvalue weighted by atomic mass is 16.5. The Morgan fingerprint density at radius 3 is 2.86 bits per heavy atom. The Kier molecular flexibility index (Phi) is 2.84. The van der Waals surface area contributed by atoms with Gasteiger partial charge >= 0.3 is 0 Å². The molecule has 1 aliphatic rings. The third kappa shape index (κ3) is 2.14. The average Bonchev–Trinajstić information content (AvgIpc) is 2.72. The molecule has 0 atom stereocenters. The van der Waals surface area contributed by atoms with Crippen molar-refractivity contribution in [2.75, 3.05) is 26.3 Å². The number of amides is 1. The molecule has 1 amide bonds. The SMILES string of the molecule is O=C(Cc1ccco1)N1CCOCC1. The Morgan fingerprint density at radius 1 is 1.43 bits per heavy atom. The predicted octanol–water partition coefficient (Wildman–Crippen LogP) is 0.681. The highest BCUT2D eigenvalue weighted by Gasteiger charge is 2.17. The first-order chi connectivity index (χ1) is 6.86. The molecule has 1 aliphatic heterocycles. The van der Waals surface area contributed by atoms with E-state index in [2.05, 4.69) is 0 Å². The van der Waals surface area contributed by atoms with E-state index in [1.165, 1.54) is 0 Å². The summed E-state index contributed by atoms with van der Waals surface area (Å²) in [6, 6.07) is 3.61. The number of carbonyl (C=O) groups excluding carboxylic acids is 1. The number of morpholine rings is 1. The van der Waals surface area contributed by atoms with Crippen molar-refractivity contribution in [3.05, 3.63) is 24.2 Å². The van der Waals surface area contributed by atoms with Crippen LogP contribution in [0.1, 0.15) is 5.76 Å². The van der Waals surface area contributed by atoms with Crippen LogP contribution in [0.15, 0.2) is 22.8 Å². The molecule has 0 aromatic carbocycles. The monoisotopic (exact) mass is 195 g/mol. The minimum Gasteiger partial charge on any atom is -0.469 e. The second-order valence-electron chi connectivity index (χ2n) is 3.25. The minimum absolute atomic E-state index is 0.114. The maximum absolute atomic E-state index is 11.7. The van der Waals surface area contributed by atoms with E-state index < -0.39 is 0 Å². The Labute approximate surface area is 82.4 Å². The second kappa shape index (κ2) is 4.28. The molecule has 2 rings (SSSR count). The molecule has 0 aliphatic carbocycles. The van der Waals surface area contributed by atoms with Crippen molar-refractivity contribution < 1.29 is 13.9 Å². The van der Waals surface area contributed by atoms with Crippen molar-refractivity contribution >= 4 is 5.91 Å². The van der Waals surface area contributed by atoms with Crippen molar-refractivity contribution in [3.63, 3.8) is 0 Å². The number of rotatable bonds is 2. The van der Waals surface area contributed by atoms with E-state index in [0.717, 1.165) is 5.76 Å². The maximum atomic E-state index is 11.7. The van der Waals surface area contributed by atoms with Gasteiger partial charge in [0.25, 0.3) is 0 Å². The molecule has 2 heterocycles. The summed E-state index contributed by atoms with van der Waals surface area (Å²) in [6.07, 6.45) is 1.94. The van der Waals surface area contributed by atoms with Gasteiger partial charge in [0.05, 0.1) is 25.9 Å². The van der Waals surface area contributed by atoms with Crippen LogP contribution in [0.2, 0.25) is 0 Å². The summed E-state index contributed by atoms with van der Waals surface area (Å²) in [5.74, 6) is 0.838. The summed E-state index contributed by atoms with van der Waals surface area (Å²) < 4.78 is 10.3. The zero-order valence-electron chi connectivity index (χ0n) is 7.94. The predicted molar refractivity (Wildman–Crippen MR) is 49.8 cm³/mol. The van der Waals surface area contributed by atoms with Gasteiger partial charge in [-0.1, -0.05) is 0 Å². The van der Waals surface area contributed by atoms with Gasteiger partial charge in [-0.3, -0.25) is 4.79 Å². The van der Waals surface area contributed by atoms with Crippen LogP contribution in [0.5, 0.6) is 0 Å². The smallest absolute Gasteiger partial charge is 0.230 e. The molecule has 76 valence electrons. The van der Waals surface area contributed by atoms with Crippen molar-refractivity contribution in [1.29, 1.82) is 0 Å². The molecule has 0 unspecified atom stereocenters. The topological polar surface area (TPSA) is 42.7 Å². The van der Waals surface area contributed by atoms with Gasteiger partial charge in [0, 0.05) is 13.1 Å². The van der Waals surface area contributed by atoms with E-state index in [9.17, 15) is 4.79 Å². The lowest BCUT2D eigenvalue weighted by atomic mass is 10.3. The number of furan rings is 1. The molecule has 1 aromatic heterocycles. The van der Waals surface area contributed by atoms with E-state index in [-0.39, 0.29) is 5.91 Å². The first kappa shape index (κ1) is 9.27. The third-order valence-electron chi connectivity index (χ3n) is 2.27. The first-order valence-corrected chi connectivity index (χ1v) is 4.74. The van der Waals surface area contributed by atoms with Crippen LogP contribution in [0, 0.1) is 0 Å². The van der Waals surface area contributed by atoms with E-state index in [0.29, 0.717) is 32.7 Å². The van der Waals surface area contributed by atoms with Gasteiger partial charge in [-0.15, -0.1) is 0 Å². The van der Waals surface area contributed by atoms with Gasteiger partial charge in [-0.2, -0.15) is 0 Å². The number of hydrogen-bond acceptors (Lipinski definition) is 3. The van der Waals surface area contributed by atoms with Gasteiger partial charge in [-0.25, -0.2) is 0 Å². The number of carbonyl (C=O) groups is 1. The van der Waals surface area contributed by atoms with Crippen LogP contribution in [0.3, 0.4) is 0 Å². The molecule has 1 saturated heterocycles. The molecule has 1 fully saturated rings. The molecule has 4 heteroatoms. The number of ether oxygens (including phenoxy) is 1. The van der Waals surface area contributed by atoms with Gasteiger partial charge < -0.3 is 14.1 Å². The van der Waals surface area contributed by atoms with E-state index in [1.807, 2.05) is 11.0 Å². The Balaban J connectivity index is 1.88. The van der Waals surface area contributed by atoms with Crippen molar-refractivity contribution in [3.8, 4) is 0 Å². The fraction of sp³-hybridized carbons (Fsp3) is 0.500. The summed E-state index contributed by atoms with van der Waals surface area (Å²) in [5.41, 5.74) is 0. The molecule has 0 bridgehead atoms. The van der Waals surface area contributed by atoms with Gasteiger partial charge in [-0.05, 0) is 12.1 Å². The highest BCUT2D eigenvalue weighted by molar-refractivity contribution is 5.78. The molecule has 1 aromatic rings. The Hall–Kier alpha value is -1.29. The minimum atomic E-state index is 0.114. The summed E-state index contributed by atoms with van der Waals surface area (Å²) in [4.78, 5) is 13.5. The van der Waals surface area contributed by atoms with Gasteiger partial charge in [0.2, 0.25) is 5.91 Å². The van der Waals surface area contributed by atoms with E-state index in [1.54, 1.807) is 12.3 Å². The Bertz CT molecular complexity index is 288. The Morgan fingerprint density at radius 2 is 2.21 bits per heavy atom. The molecular weight excluding hydrogens is 182 g/mol. The number of nitrogens with zero attached hydrogens (tertiary/aromatic N) is 1. The van der Waals surface area contributed by atoms with E-state index in [4.69, 9.17) is 9.15 Å². The normalized spacial score (nSPS) is 17.0. The van der Waals surface area contributed by atoms with Crippen LogP contribution in [-0.2, 0) is 16.0 Å². The molecule has 0 spiro atoms. The van der Waals surface area contributed by atoms with Crippen molar-refractivity contribution in [1.82, 2.24) is 4.90 Å². The fourth-order valence-electron chi connectivity index (χ4n) is 1.49. The first-order valence-electron chi connectivity index (χ1n) is 4.74. The molecular formula is C10H13NO3. The lowest BCUT2D eigenvalue weighted by molar-refractivity contribution is -0.134.